The van der Waals surface area contributed by atoms with Crippen LogP contribution in [0, 0.1) is 0 Å². The molecule has 0 spiro atoms. The molecule has 2 N–H and O–H groups in total. The summed E-state index contributed by atoms with van der Waals surface area (Å²) in [6.45, 7) is 2.72. The number of nitrogens with one attached hydrogen (secondary N) is 2. The minimum Gasteiger partial charge on any atom is -0.302 e. The second-order valence-corrected chi connectivity index (χ2v) is 3.32. The van der Waals surface area contributed by atoms with Crippen LogP contribution in [0.5, 0.6) is 0 Å². The van der Waals surface area contributed by atoms with Crippen LogP contribution in [-0.4, -0.2) is 30.2 Å². The maximum absolute atomic E-state index is 4.07. The van der Waals surface area contributed by atoms with E-state index in [0.717, 1.165) is 11.5 Å². The van der Waals surface area contributed by atoms with Crippen LogP contribution in [0.15, 0.2) is 12.5 Å². The fraction of sp³-hybridized carbons (Fsp3) is 0.500. The molecule has 2 aromatic heterocycles. The lowest BCUT2D eigenvalue weighted by Crippen LogP contribution is -2.20. The molecule has 2 heterocycles. The van der Waals surface area contributed by atoms with E-state index in [4.69, 9.17) is 0 Å². The van der Waals surface area contributed by atoms with E-state index in [0.29, 0.717) is 6.54 Å². The van der Waals surface area contributed by atoms with Gasteiger partial charge >= 0.3 is 0 Å². The lowest BCUT2D eigenvalue weighted by atomic mass is 10.3. The van der Waals surface area contributed by atoms with E-state index in [1.54, 1.807) is 10.9 Å². The third kappa shape index (κ3) is 2.18. The summed E-state index contributed by atoms with van der Waals surface area (Å²) in [5, 5.41) is 17.6. The molecule has 7 nitrogen and oxygen atoms in total. The minimum atomic E-state index is 0.127. The van der Waals surface area contributed by atoms with Crippen LogP contribution >= 0.6 is 0 Å². The van der Waals surface area contributed by atoms with E-state index in [1.807, 2.05) is 14.0 Å². The standard InChI is InChI=1S/C8H13N7/c1-6(8-10-5-12-13-8)9-3-7-4-11-14-15(7)2/h4-6,9H,3H2,1-2H3,(H,10,12,13). The largest absolute Gasteiger partial charge is 0.302 e. The lowest BCUT2D eigenvalue weighted by Gasteiger charge is -2.09. The van der Waals surface area contributed by atoms with E-state index >= 15 is 0 Å². The zero-order chi connectivity index (χ0) is 10.7. The summed E-state index contributed by atoms with van der Waals surface area (Å²) < 4.78 is 1.74. The lowest BCUT2D eigenvalue weighted by molar-refractivity contribution is 0.526. The summed E-state index contributed by atoms with van der Waals surface area (Å²) >= 11 is 0. The number of aryl methyl sites for hydroxylation is 1. The highest BCUT2D eigenvalue weighted by Gasteiger charge is 2.08. The molecule has 2 aromatic rings. The Labute approximate surface area is 86.9 Å². The SMILES string of the molecule is CC(NCc1cnnn1C)c1ncn[nH]1. The second kappa shape index (κ2) is 4.18. The predicted octanol–water partition coefficient (Wildman–Crippen LogP) is -0.216. The average Bonchev–Trinajstić information content (AvgIpc) is 2.85. The molecule has 0 saturated carbocycles. The van der Waals surface area contributed by atoms with Gasteiger partial charge in [0.1, 0.15) is 12.2 Å². The van der Waals surface area contributed by atoms with Crippen LogP contribution < -0.4 is 5.32 Å². The van der Waals surface area contributed by atoms with Crippen LogP contribution in [0.1, 0.15) is 24.5 Å². The summed E-state index contributed by atoms with van der Waals surface area (Å²) in [4.78, 5) is 4.07. The molecule has 0 aromatic carbocycles. The average molecular weight is 207 g/mol. The molecule has 15 heavy (non-hydrogen) atoms. The van der Waals surface area contributed by atoms with Crippen LogP contribution in [0.25, 0.3) is 0 Å². The summed E-state index contributed by atoms with van der Waals surface area (Å²) in [6.07, 6.45) is 3.24. The van der Waals surface area contributed by atoms with Gasteiger partial charge in [-0.2, -0.15) is 5.10 Å². The van der Waals surface area contributed by atoms with Gasteiger partial charge in [0, 0.05) is 13.6 Å². The third-order valence-corrected chi connectivity index (χ3v) is 2.24. The Kier molecular flexibility index (Phi) is 2.72. The quantitative estimate of drug-likeness (QED) is 0.724. The Morgan fingerprint density at radius 1 is 1.60 bits per heavy atom. The highest BCUT2D eigenvalue weighted by atomic mass is 15.4. The van der Waals surface area contributed by atoms with Crippen molar-refractivity contribution in [3.63, 3.8) is 0 Å². The first-order chi connectivity index (χ1) is 7.27. The van der Waals surface area contributed by atoms with Crippen molar-refractivity contribution >= 4 is 0 Å². The van der Waals surface area contributed by atoms with Crippen molar-refractivity contribution in [2.75, 3.05) is 0 Å². The number of H-pyrrole nitrogens is 1. The van der Waals surface area contributed by atoms with E-state index in [9.17, 15) is 0 Å². The first kappa shape index (κ1) is 9.78. The Bertz CT molecular complexity index is 404. The van der Waals surface area contributed by atoms with Gasteiger partial charge in [-0.1, -0.05) is 5.21 Å². The molecule has 0 aliphatic rings. The normalized spacial score (nSPS) is 12.9. The summed E-state index contributed by atoms with van der Waals surface area (Å²) in [5.74, 6) is 0.824. The van der Waals surface area contributed by atoms with Gasteiger partial charge in [-0.15, -0.1) is 5.10 Å². The zero-order valence-electron chi connectivity index (χ0n) is 8.68. The molecule has 0 fully saturated rings. The molecule has 80 valence electrons. The maximum atomic E-state index is 4.07. The van der Waals surface area contributed by atoms with Gasteiger partial charge in [-0.05, 0) is 6.92 Å². The molecule has 0 saturated heterocycles. The van der Waals surface area contributed by atoms with Crippen molar-refractivity contribution < 1.29 is 0 Å². The van der Waals surface area contributed by atoms with Gasteiger partial charge in [-0.25, -0.2) is 4.98 Å². The minimum absolute atomic E-state index is 0.127. The monoisotopic (exact) mass is 207 g/mol. The van der Waals surface area contributed by atoms with Gasteiger partial charge in [-0.3, -0.25) is 9.78 Å². The number of aromatic amines is 1. The molecule has 7 heteroatoms. The summed E-state index contributed by atoms with van der Waals surface area (Å²) in [7, 11) is 1.86. The highest BCUT2D eigenvalue weighted by molar-refractivity contribution is 4.95. The summed E-state index contributed by atoms with van der Waals surface area (Å²) in [5.41, 5.74) is 1.03. The topological polar surface area (TPSA) is 84.3 Å². The van der Waals surface area contributed by atoms with Gasteiger partial charge in [0.25, 0.3) is 0 Å². The molecule has 0 aliphatic carbocycles. The summed E-state index contributed by atoms with van der Waals surface area (Å²) in [6, 6.07) is 0.127. The molecular formula is C8H13N7. The smallest absolute Gasteiger partial charge is 0.141 e. The van der Waals surface area contributed by atoms with Gasteiger partial charge in [0.2, 0.25) is 0 Å². The maximum Gasteiger partial charge on any atom is 0.141 e. The van der Waals surface area contributed by atoms with Crippen molar-refractivity contribution in [3.8, 4) is 0 Å². The number of hydrogen-bond acceptors (Lipinski definition) is 5. The predicted molar refractivity (Wildman–Crippen MR) is 52.6 cm³/mol. The van der Waals surface area contributed by atoms with E-state index in [1.165, 1.54) is 6.33 Å². The molecule has 0 amide bonds. The van der Waals surface area contributed by atoms with Crippen LogP contribution in [-0.2, 0) is 13.6 Å². The van der Waals surface area contributed by atoms with Crippen molar-refractivity contribution in [1.29, 1.82) is 0 Å². The fourth-order valence-corrected chi connectivity index (χ4v) is 1.25. The van der Waals surface area contributed by atoms with Gasteiger partial charge < -0.3 is 5.32 Å². The van der Waals surface area contributed by atoms with Crippen molar-refractivity contribution in [1.82, 2.24) is 35.5 Å². The second-order valence-electron chi connectivity index (χ2n) is 3.32. The molecule has 2 rings (SSSR count). The highest BCUT2D eigenvalue weighted by Crippen LogP contribution is 2.05. The van der Waals surface area contributed by atoms with Crippen LogP contribution in [0.2, 0.25) is 0 Å². The number of rotatable bonds is 4. The molecular weight excluding hydrogens is 194 g/mol. The van der Waals surface area contributed by atoms with E-state index in [-0.39, 0.29) is 6.04 Å². The van der Waals surface area contributed by atoms with Crippen LogP contribution in [0.3, 0.4) is 0 Å². The molecule has 1 atom stereocenters. The van der Waals surface area contributed by atoms with Gasteiger partial charge in [0.15, 0.2) is 0 Å². The van der Waals surface area contributed by atoms with Crippen molar-refractivity contribution in [2.45, 2.75) is 19.5 Å². The van der Waals surface area contributed by atoms with Crippen LogP contribution in [0.4, 0.5) is 0 Å². The van der Waals surface area contributed by atoms with Crippen molar-refractivity contribution in [2.24, 2.45) is 7.05 Å². The third-order valence-electron chi connectivity index (χ3n) is 2.24. The fourth-order valence-electron chi connectivity index (χ4n) is 1.25. The van der Waals surface area contributed by atoms with E-state index in [2.05, 4.69) is 30.8 Å². The Morgan fingerprint density at radius 3 is 3.07 bits per heavy atom. The van der Waals surface area contributed by atoms with Crippen molar-refractivity contribution in [3.05, 3.63) is 24.0 Å². The first-order valence-corrected chi connectivity index (χ1v) is 4.69. The number of nitrogens with zero attached hydrogens (tertiary/aromatic N) is 5. The first-order valence-electron chi connectivity index (χ1n) is 4.69. The molecule has 0 aliphatic heterocycles. The van der Waals surface area contributed by atoms with Gasteiger partial charge in [0.05, 0.1) is 17.9 Å². The molecule has 1 unspecified atom stereocenters. The molecule has 0 radical (unpaired) electrons. The Morgan fingerprint density at radius 2 is 2.47 bits per heavy atom. The zero-order valence-corrected chi connectivity index (χ0v) is 8.68. The van der Waals surface area contributed by atoms with E-state index < -0.39 is 0 Å². The Hall–Kier alpha value is -1.76. The number of aromatic nitrogens is 6. The molecule has 0 bridgehead atoms. The Balaban J connectivity index is 1.91. The number of hydrogen-bond donors (Lipinski definition) is 2.